The second kappa shape index (κ2) is 8.74. The fourth-order valence-corrected chi connectivity index (χ4v) is 6.19. The van der Waals surface area contributed by atoms with Crippen LogP contribution in [0, 0.1) is 12.8 Å². The van der Waals surface area contributed by atoms with Crippen LogP contribution >= 0.6 is 15.9 Å². The number of fused-ring (bicyclic) bond motifs is 1. The normalized spacial score (nSPS) is 15.6. The van der Waals surface area contributed by atoms with Gasteiger partial charge in [-0.05, 0) is 65.4 Å². The van der Waals surface area contributed by atoms with E-state index in [0.717, 1.165) is 29.5 Å². The number of anilines is 1. The number of rotatable bonds is 7. The first kappa shape index (κ1) is 22.0. The Morgan fingerprint density at radius 3 is 2.55 bits per heavy atom. The molecule has 0 unspecified atom stereocenters. The van der Waals surface area contributed by atoms with Crippen LogP contribution in [-0.2, 0) is 32.4 Å². The Labute approximate surface area is 191 Å². The van der Waals surface area contributed by atoms with Gasteiger partial charge < -0.3 is 10.2 Å². The van der Waals surface area contributed by atoms with Crippen molar-refractivity contribution in [1.82, 2.24) is 5.32 Å². The van der Waals surface area contributed by atoms with Crippen molar-refractivity contribution < 1.29 is 18.0 Å². The molecule has 1 heterocycles. The molecule has 1 N–H and O–H groups in total. The van der Waals surface area contributed by atoms with Crippen LogP contribution in [-0.4, -0.2) is 32.5 Å². The number of carbonyl (C=O) groups excluding carboxylic acids is 2. The van der Waals surface area contributed by atoms with Crippen molar-refractivity contribution in [3.8, 4) is 0 Å². The lowest BCUT2D eigenvalue weighted by Gasteiger charge is -2.18. The highest BCUT2D eigenvalue weighted by atomic mass is 79.9. The summed E-state index contributed by atoms with van der Waals surface area (Å²) in [5.74, 6) is -0.445. The third kappa shape index (κ3) is 5.01. The molecule has 0 aromatic heterocycles. The summed E-state index contributed by atoms with van der Waals surface area (Å²) in [5, 5.41) is 2.77. The molecule has 2 aliphatic rings. The lowest BCUT2D eigenvalue weighted by atomic mass is 10.1. The van der Waals surface area contributed by atoms with E-state index in [9.17, 15) is 18.0 Å². The number of hydrogen-bond donors (Lipinski definition) is 1. The SMILES string of the molecule is Cc1ccc(CNC(=O)CCS(=O)(=O)c2cc3c(cc2Br)CCN3C(=O)C2CC2)cc1. The van der Waals surface area contributed by atoms with Crippen LogP contribution in [0.4, 0.5) is 5.69 Å². The number of benzene rings is 2. The fourth-order valence-electron chi connectivity index (χ4n) is 3.74. The molecule has 1 aliphatic carbocycles. The third-order valence-electron chi connectivity index (χ3n) is 5.76. The maximum absolute atomic E-state index is 13.0. The van der Waals surface area contributed by atoms with Crippen molar-refractivity contribution in [2.75, 3.05) is 17.2 Å². The van der Waals surface area contributed by atoms with Crippen molar-refractivity contribution >= 4 is 43.3 Å². The summed E-state index contributed by atoms with van der Waals surface area (Å²) < 4.78 is 26.4. The molecule has 0 bridgehead atoms. The van der Waals surface area contributed by atoms with Gasteiger partial charge in [0.15, 0.2) is 9.84 Å². The van der Waals surface area contributed by atoms with Crippen LogP contribution in [0.5, 0.6) is 0 Å². The van der Waals surface area contributed by atoms with E-state index in [4.69, 9.17) is 0 Å². The highest BCUT2D eigenvalue weighted by Crippen LogP contribution is 2.39. The van der Waals surface area contributed by atoms with Crippen LogP contribution in [0.3, 0.4) is 0 Å². The van der Waals surface area contributed by atoms with Crippen LogP contribution in [0.1, 0.15) is 36.0 Å². The van der Waals surface area contributed by atoms with Crippen LogP contribution in [0.25, 0.3) is 0 Å². The second-order valence-corrected chi connectivity index (χ2v) is 11.2. The van der Waals surface area contributed by atoms with Crippen molar-refractivity contribution in [3.63, 3.8) is 0 Å². The third-order valence-corrected chi connectivity index (χ3v) is 8.43. The van der Waals surface area contributed by atoms with Crippen molar-refractivity contribution in [1.29, 1.82) is 0 Å². The predicted octanol–water partition coefficient (Wildman–Crippen LogP) is 3.54. The number of hydrogen-bond acceptors (Lipinski definition) is 4. The maximum Gasteiger partial charge on any atom is 0.230 e. The quantitative estimate of drug-likeness (QED) is 0.624. The van der Waals surface area contributed by atoms with E-state index in [2.05, 4.69) is 21.2 Å². The summed E-state index contributed by atoms with van der Waals surface area (Å²) in [6.45, 7) is 2.94. The minimum Gasteiger partial charge on any atom is -0.352 e. The highest BCUT2D eigenvalue weighted by molar-refractivity contribution is 9.10. The van der Waals surface area contributed by atoms with E-state index in [1.807, 2.05) is 31.2 Å². The largest absolute Gasteiger partial charge is 0.352 e. The van der Waals surface area contributed by atoms with Gasteiger partial charge in [0.05, 0.1) is 10.6 Å². The predicted molar refractivity (Wildman–Crippen MR) is 123 cm³/mol. The molecule has 6 nitrogen and oxygen atoms in total. The number of aryl methyl sites for hydroxylation is 1. The average molecular weight is 505 g/mol. The molecule has 2 amide bonds. The molecule has 0 spiro atoms. The molecular formula is C23H25BrN2O4S. The summed E-state index contributed by atoms with van der Waals surface area (Å²) in [6.07, 6.45) is 2.41. The first-order valence-electron chi connectivity index (χ1n) is 10.4. The number of sulfone groups is 1. The first-order chi connectivity index (χ1) is 14.7. The van der Waals surface area contributed by atoms with Gasteiger partial charge in [0.2, 0.25) is 11.8 Å². The van der Waals surface area contributed by atoms with Gasteiger partial charge >= 0.3 is 0 Å². The Morgan fingerprint density at radius 2 is 1.87 bits per heavy atom. The highest BCUT2D eigenvalue weighted by Gasteiger charge is 2.37. The summed E-state index contributed by atoms with van der Waals surface area (Å²) >= 11 is 3.37. The standard InChI is InChI=1S/C23H25BrN2O4S/c1-15-2-4-16(5-3-15)14-25-22(27)9-11-31(29,30)21-13-20-18(12-19(21)24)8-10-26(20)23(28)17-6-7-17/h2-5,12-13,17H,6-11,14H2,1H3,(H,25,27). The van der Waals surface area contributed by atoms with Crippen LogP contribution in [0.15, 0.2) is 45.8 Å². The monoisotopic (exact) mass is 504 g/mol. The smallest absolute Gasteiger partial charge is 0.230 e. The molecule has 1 fully saturated rings. The number of nitrogens with zero attached hydrogens (tertiary/aromatic N) is 1. The van der Waals surface area contributed by atoms with Gasteiger partial charge in [0, 0.05) is 35.6 Å². The van der Waals surface area contributed by atoms with E-state index in [-0.39, 0.29) is 34.8 Å². The fraction of sp³-hybridized carbons (Fsp3) is 0.391. The second-order valence-electron chi connectivity index (χ2n) is 8.26. The minimum absolute atomic E-state index is 0.0758. The lowest BCUT2D eigenvalue weighted by molar-refractivity contribution is -0.121. The summed E-state index contributed by atoms with van der Waals surface area (Å²) in [6, 6.07) is 11.2. The zero-order valence-electron chi connectivity index (χ0n) is 17.4. The van der Waals surface area contributed by atoms with Crippen molar-refractivity contribution in [2.24, 2.45) is 5.92 Å². The Hall–Kier alpha value is -2.19. The zero-order valence-corrected chi connectivity index (χ0v) is 19.8. The van der Waals surface area contributed by atoms with Gasteiger partial charge in [-0.2, -0.15) is 0 Å². The summed E-state index contributed by atoms with van der Waals surface area (Å²) in [7, 11) is -3.70. The van der Waals surface area contributed by atoms with Gasteiger partial charge in [-0.1, -0.05) is 29.8 Å². The minimum atomic E-state index is -3.70. The molecule has 2 aromatic carbocycles. The molecular weight excluding hydrogens is 480 g/mol. The first-order valence-corrected chi connectivity index (χ1v) is 12.9. The lowest BCUT2D eigenvalue weighted by Crippen LogP contribution is -2.30. The average Bonchev–Trinajstić information content (AvgIpc) is 3.51. The molecule has 0 atom stereocenters. The van der Waals surface area contributed by atoms with E-state index in [1.54, 1.807) is 17.0 Å². The van der Waals surface area contributed by atoms with Gasteiger partial charge in [-0.15, -0.1) is 0 Å². The Morgan fingerprint density at radius 1 is 1.16 bits per heavy atom. The summed E-state index contributed by atoms with van der Waals surface area (Å²) in [5.41, 5.74) is 3.75. The molecule has 8 heteroatoms. The Kier molecular flexibility index (Phi) is 6.21. The van der Waals surface area contributed by atoms with Gasteiger partial charge in [0.25, 0.3) is 0 Å². The van der Waals surface area contributed by atoms with E-state index in [1.165, 1.54) is 0 Å². The molecule has 1 saturated carbocycles. The molecule has 2 aromatic rings. The van der Waals surface area contributed by atoms with E-state index < -0.39 is 9.84 Å². The number of nitrogens with one attached hydrogen (secondary N) is 1. The van der Waals surface area contributed by atoms with Gasteiger partial charge in [0.1, 0.15) is 0 Å². The summed E-state index contributed by atoms with van der Waals surface area (Å²) in [4.78, 5) is 26.6. The Balaban J connectivity index is 1.42. The zero-order chi connectivity index (χ0) is 22.2. The van der Waals surface area contributed by atoms with E-state index in [0.29, 0.717) is 29.7 Å². The Bertz CT molecular complexity index is 1130. The molecule has 0 radical (unpaired) electrons. The molecule has 1 aliphatic heterocycles. The van der Waals surface area contributed by atoms with Crippen LogP contribution in [0.2, 0.25) is 0 Å². The van der Waals surface area contributed by atoms with Crippen LogP contribution < -0.4 is 10.2 Å². The number of amides is 2. The number of halogens is 1. The maximum atomic E-state index is 13.0. The molecule has 31 heavy (non-hydrogen) atoms. The van der Waals surface area contributed by atoms with Gasteiger partial charge in [-0.25, -0.2) is 8.42 Å². The topological polar surface area (TPSA) is 83.6 Å². The van der Waals surface area contributed by atoms with E-state index >= 15 is 0 Å². The van der Waals surface area contributed by atoms with Crippen molar-refractivity contribution in [3.05, 3.63) is 57.6 Å². The van der Waals surface area contributed by atoms with Gasteiger partial charge in [-0.3, -0.25) is 9.59 Å². The van der Waals surface area contributed by atoms with Crippen molar-refractivity contribution in [2.45, 2.75) is 44.0 Å². The number of carbonyl (C=O) groups is 2. The molecule has 0 saturated heterocycles. The molecule has 4 rings (SSSR count). The molecule has 164 valence electrons.